The first-order valence-electron chi connectivity index (χ1n) is 6.21. The highest BCUT2D eigenvalue weighted by molar-refractivity contribution is 7.13. The number of nitrogens with one attached hydrogen (secondary N) is 1. The number of carbonyl (C=O) groups is 2. The number of rotatable bonds is 3. The third-order valence-corrected chi connectivity index (χ3v) is 3.86. The maximum Gasteiger partial charge on any atom is 0.358 e. The molecule has 104 valence electrons. The van der Waals surface area contributed by atoms with Crippen LogP contribution in [0.5, 0.6) is 0 Å². The van der Waals surface area contributed by atoms with E-state index >= 15 is 0 Å². The van der Waals surface area contributed by atoms with Crippen LogP contribution in [0, 0.1) is 0 Å². The number of hydrogen-bond donors (Lipinski definition) is 1. The number of aromatic nitrogens is 1. The number of esters is 1. The minimum atomic E-state index is -0.713. The Kier molecular flexibility index (Phi) is 3.51. The van der Waals surface area contributed by atoms with Gasteiger partial charge < -0.3 is 14.5 Å². The molecule has 2 aromatic heterocycles. The lowest BCUT2D eigenvalue weighted by Crippen LogP contribution is -2.42. The summed E-state index contributed by atoms with van der Waals surface area (Å²) < 4.78 is 10.2. The zero-order valence-electron chi connectivity index (χ0n) is 10.5. The highest BCUT2D eigenvalue weighted by atomic mass is 32.1. The second-order valence-corrected chi connectivity index (χ2v) is 5.24. The molecule has 0 saturated carbocycles. The largest absolute Gasteiger partial charge is 0.472 e. The van der Waals surface area contributed by atoms with Crippen LogP contribution in [0.25, 0.3) is 10.6 Å². The third kappa shape index (κ3) is 2.57. The highest BCUT2D eigenvalue weighted by Crippen LogP contribution is 2.24. The first-order chi connectivity index (χ1) is 9.74. The summed E-state index contributed by atoms with van der Waals surface area (Å²) in [7, 11) is 0. The fraction of sp³-hybridized carbons (Fsp3) is 0.308. The lowest BCUT2D eigenvalue weighted by Gasteiger charge is -2.21. The number of furan rings is 1. The van der Waals surface area contributed by atoms with E-state index in [1.54, 1.807) is 24.0 Å². The van der Waals surface area contributed by atoms with Crippen molar-refractivity contribution in [2.45, 2.75) is 18.9 Å². The Labute approximate surface area is 118 Å². The number of amides is 1. The molecule has 1 fully saturated rings. The van der Waals surface area contributed by atoms with E-state index in [0.717, 1.165) is 12.0 Å². The summed E-state index contributed by atoms with van der Waals surface area (Å²) >= 11 is 1.33. The van der Waals surface area contributed by atoms with Crippen LogP contribution in [0.1, 0.15) is 23.3 Å². The molecule has 0 aromatic carbocycles. The molecule has 20 heavy (non-hydrogen) atoms. The van der Waals surface area contributed by atoms with Crippen molar-refractivity contribution in [2.24, 2.45) is 0 Å². The van der Waals surface area contributed by atoms with Gasteiger partial charge in [-0.2, -0.15) is 0 Å². The average Bonchev–Trinajstić information content (AvgIpc) is 3.11. The van der Waals surface area contributed by atoms with Crippen LogP contribution in [-0.2, 0) is 9.53 Å². The quantitative estimate of drug-likeness (QED) is 0.873. The van der Waals surface area contributed by atoms with E-state index < -0.39 is 12.1 Å². The predicted molar refractivity (Wildman–Crippen MR) is 71.3 cm³/mol. The van der Waals surface area contributed by atoms with Gasteiger partial charge in [-0.3, -0.25) is 4.79 Å². The van der Waals surface area contributed by atoms with Gasteiger partial charge in [0, 0.05) is 17.5 Å². The fourth-order valence-electron chi connectivity index (χ4n) is 1.93. The van der Waals surface area contributed by atoms with E-state index in [4.69, 9.17) is 9.15 Å². The monoisotopic (exact) mass is 292 g/mol. The molecule has 1 aliphatic heterocycles. The van der Waals surface area contributed by atoms with Gasteiger partial charge in [0.05, 0.1) is 6.26 Å². The van der Waals surface area contributed by atoms with Crippen LogP contribution in [0.2, 0.25) is 0 Å². The van der Waals surface area contributed by atoms with Gasteiger partial charge in [-0.15, -0.1) is 11.3 Å². The number of ether oxygens (including phenoxy) is 1. The number of thiazole rings is 1. The smallest absolute Gasteiger partial charge is 0.358 e. The van der Waals surface area contributed by atoms with Gasteiger partial charge >= 0.3 is 5.97 Å². The van der Waals surface area contributed by atoms with E-state index in [1.165, 1.54) is 11.3 Å². The van der Waals surface area contributed by atoms with E-state index in [1.807, 2.05) is 0 Å². The van der Waals surface area contributed by atoms with Gasteiger partial charge in [0.25, 0.3) is 5.91 Å². The first kappa shape index (κ1) is 12.9. The Balaban J connectivity index is 1.70. The van der Waals surface area contributed by atoms with E-state index in [9.17, 15) is 9.59 Å². The number of carbonyl (C=O) groups excluding carboxylic acids is 2. The molecule has 1 N–H and O–H groups in total. The Hall–Kier alpha value is -2.15. The lowest BCUT2D eigenvalue weighted by molar-refractivity contribution is -0.132. The summed E-state index contributed by atoms with van der Waals surface area (Å²) in [6.07, 6.45) is 3.75. The van der Waals surface area contributed by atoms with Crippen molar-refractivity contribution in [3.8, 4) is 10.6 Å². The number of nitrogens with zero attached hydrogens (tertiary/aromatic N) is 1. The van der Waals surface area contributed by atoms with Crippen molar-refractivity contribution in [1.29, 1.82) is 0 Å². The summed E-state index contributed by atoms with van der Waals surface area (Å²) in [6, 6.07) is 1.77. The summed E-state index contributed by atoms with van der Waals surface area (Å²) in [5.74, 6) is -0.812. The molecule has 2 aromatic rings. The second-order valence-electron chi connectivity index (χ2n) is 4.38. The normalized spacial score (nSPS) is 18.6. The summed E-state index contributed by atoms with van der Waals surface area (Å²) in [5.41, 5.74) is 1.02. The molecular weight excluding hydrogens is 280 g/mol. The van der Waals surface area contributed by atoms with Crippen LogP contribution in [0.15, 0.2) is 28.4 Å². The van der Waals surface area contributed by atoms with Gasteiger partial charge in [-0.25, -0.2) is 9.78 Å². The Morgan fingerprint density at radius 2 is 2.45 bits per heavy atom. The molecule has 0 spiro atoms. The Bertz CT molecular complexity index is 620. The van der Waals surface area contributed by atoms with Crippen LogP contribution < -0.4 is 5.32 Å². The standard InChI is InChI=1S/C13H12N2O4S/c16-11-10(2-1-4-14-11)19-13(17)9-7-20-12(15-9)8-3-5-18-6-8/h3,5-7,10H,1-2,4H2,(H,14,16)/t10-/m0/s1. The van der Waals surface area contributed by atoms with Gasteiger partial charge in [-0.1, -0.05) is 0 Å². The number of hydrogen-bond acceptors (Lipinski definition) is 6. The topological polar surface area (TPSA) is 81.4 Å². The Morgan fingerprint density at radius 3 is 3.20 bits per heavy atom. The molecule has 0 radical (unpaired) electrons. The molecule has 0 aliphatic carbocycles. The summed E-state index contributed by atoms with van der Waals surface area (Å²) in [4.78, 5) is 27.7. The van der Waals surface area contributed by atoms with Crippen molar-refractivity contribution in [3.63, 3.8) is 0 Å². The van der Waals surface area contributed by atoms with E-state index in [2.05, 4.69) is 10.3 Å². The molecule has 3 heterocycles. The maximum atomic E-state index is 12.0. The van der Waals surface area contributed by atoms with Crippen LogP contribution >= 0.6 is 11.3 Å². The summed E-state index contributed by atoms with van der Waals surface area (Å²) in [6.45, 7) is 0.633. The summed E-state index contributed by atoms with van der Waals surface area (Å²) in [5, 5.41) is 4.97. The molecule has 0 bridgehead atoms. The van der Waals surface area contributed by atoms with E-state index in [-0.39, 0.29) is 11.6 Å². The molecule has 1 aliphatic rings. The zero-order valence-corrected chi connectivity index (χ0v) is 11.3. The zero-order chi connectivity index (χ0) is 13.9. The first-order valence-corrected chi connectivity index (χ1v) is 7.09. The molecule has 1 atom stereocenters. The van der Waals surface area contributed by atoms with Gasteiger partial charge in [0.2, 0.25) is 0 Å². The predicted octanol–water partition coefficient (Wildman–Crippen LogP) is 1.84. The van der Waals surface area contributed by atoms with Crippen molar-refractivity contribution < 1.29 is 18.7 Å². The Morgan fingerprint density at radius 1 is 1.55 bits per heavy atom. The highest BCUT2D eigenvalue weighted by Gasteiger charge is 2.27. The molecule has 1 amide bonds. The molecule has 0 unspecified atom stereocenters. The fourth-order valence-corrected chi connectivity index (χ4v) is 2.71. The molecule has 1 saturated heterocycles. The van der Waals surface area contributed by atoms with Crippen LogP contribution in [-0.4, -0.2) is 29.5 Å². The molecule has 3 rings (SSSR count). The minimum absolute atomic E-state index is 0.213. The SMILES string of the molecule is O=C(O[C@H]1CCCNC1=O)c1csc(-c2ccoc2)n1. The maximum absolute atomic E-state index is 12.0. The van der Waals surface area contributed by atoms with Gasteiger partial charge in [-0.05, 0) is 18.9 Å². The average molecular weight is 292 g/mol. The lowest BCUT2D eigenvalue weighted by atomic mass is 10.1. The molecule has 7 heteroatoms. The molecular formula is C13H12N2O4S. The van der Waals surface area contributed by atoms with Gasteiger partial charge in [0.15, 0.2) is 11.8 Å². The third-order valence-electron chi connectivity index (χ3n) is 2.97. The van der Waals surface area contributed by atoms with Crippen LogP contribution in [0.4, 0.5) is 0 Å². The van der Waals surface area contributed by atoms with Crippen LogP contribution in [0.3, 0.4) is 0 Å². The van der Waals surface area contributed by atoms with Crippen molar-refractivity contribution in [3.05, 3.63) is 29.7 Å². The van der Waals surface area contributed by atoms with Gasteiger partial charge in [0.1, 0.15) is 11.3 Å². The molecule has 6 nitrogen and oxygen atoms in total. The van der Waals surface area contributed by atoms with Crippen molar-refractivity contribution in [1.82, 2.24) is 10.3 Å². The van der Waals surface area contributed by atoms with Crippen molar-refractivity contribution in [2.75, 3.05) is 6.54 Å². The second kappa shape index (κ2) is 5.46. The minimum Gasteiger partial charge on any atom is -0.472 e. The number of piperidine rings is 1. The van der Waals surface area contributed by atoms with E-state index in [0.29, 0.717) is 18.0 Å². The van der Waals surface area contributed by atoms with Crippen molar-refractivity contribution >= 4 is 23.2 Å².